The molecule has 10 heavy (non-hydrogen) atoms. The summed E-state index contributed by atoms with van der Waals surface area (Å²) in [4.78, 5) is 11.1. The van der Waals surface area contributed by atoms with Crippen LogP contribution >= 0.6 is 0 Å². The van der Waals surface area contributed by atoms with Crippen LogP contribution in [0.25, 0.3) is 0 Å². The molecule has 0 radical (unpaired) electrons. The Bertz CT molecular complexity index is 169. The zero-order chi connectivity index (χ0) is 7.14. The van der Waals surface area contributed by atoms with E-state index in [0.29, 0.717) is 6.04 Å². The number of rotatable bonds is 0. The highest BCUT2D eigenvalue weighted by molar-refractivity contribution is 5.82. The zero-order valence-corrected chi connectivity index (χ0v) is 5.84. The van der Waals surface area contributed by atoms with Crippen LogP contribution in [0.4, 0.5) is 0 Å². The average molecular weight is 140 g/mol. The molecule has 1 heterocycles. The van der Waals surface area contributed by atoms with Gasteiger partial charge in [-0.15, -0.1) is 0 Å². The fourth-order valence-electron chi connectivity index (χ4n) is 1.93. The lowest BCUT2D eigenvalue weighted by molar-refractivity contribution is -0.122. The second-order valence-electron chi connectivity index (χ2n) is 3.29. The summed E-state index contributed by atoms with van der Waals surface area (Å²) in [7, 11) is 0. The van der Waals surface area contributed by atoms with Crippen LogP contribution in [0.5, 0.6) is 0 Å². The normalized spacial score (nSPS) is 45.3. The Morgan fingerprint density at radius 3 is 3.00 bits per heavy atom. The van der Waals surface area contributed by atoms with Crippen molar-refractivity contribution in [2.45, 2.75) is 31.3 Å². The Balaban J connectivity index is 2.17. The number of amides is 1. The van der Waals surface area contributed by atoms with Crippen molar-refractivity contribution in [3.63, 3.8) is 0 Å². The summed E-state index contributed by atoms with van der Waals surface area (Å²) in [5, 5.41) is 2.93. The number of nitrogens with two attached hydrogens (primary N) is 1. The molecule has 1 saturated heterocycles. The zero-order valence-electron chi connectivity index (χ0n) is 5.84. The van der Waals surface area contributed by atoms with Gasteiger partial charge in [-0.3, -0.25) is 4.79 Å². The van der Waals surface area contributed by atoms with Gasteiger partial charge in [0.1, 0.15) is 0 Å². The van der Waals surface area contributed by atoms with Gasteiger partial charge in [-0.05, 0) is 19.3 Å². The highest BCUT2D eigenvalue weighted by atomic mass is 16.2. The topological polar surface area (TPSA) is 55.1 Å². The molecule has 1 saturated carbocycles. The number of nitrogens with one attached hydrogen (secondary N) is 1. The molecule has 3 heteroatoms. The van der Waals surface area contributed by atoms with Crippen molar-refractivity contribution in [3.05, 3.63) is 0 Å². The smallest absolute Gasteiger partial charge is 0.224 e. The standard InChI is InChI=1S/C7H12N2O/c8-6-2-1-4-3-5(6)7(10)9-4/h4-6H,1-3,8H2,(H,9,10)/t4-,5+,6-/m1/s1. The van der Waals surface area contributed by atoms with E-state index < -0.39 is 0 Å². The molecule has 2 bridgehead atoms. The van der Waals surface area contributed by atoms with Gasteiger partial charge in [0.15, 0.2) is 0 Å². The van der Waals surface area contributed by atoms with Crippen LogP contribution in [0.15, 0.2) is 0 Å². The van der Waals surface area contributed by atoms with Gasteiger partial charge in [0, 0.05) is 12.1 Å². The third kappa shape index (κ3) is 0.736. The molecular weight excluding hydrogens is 128 g/mol. The number of hydrogen-bond donors (Lipinski definition) is 2. The highest BCUT2D eigenvalue weighted by Crippen LogP contribution is 2.28. The van der Waals surface area contributed by atoms with Gasteiger partial charge in [-0.1, -0.05) is 0 Å². The minimum absolute atomic E-state index is 0.124. The minimum Gasteiger partial charge on any atom is -0.353 e. The molecule has 0 aromatic rings. The molecule has 2 aliphatic rings. The molecule has 3 N–H and O–H groups in total. The van der Waals surface area contributed by atoms with Crippen LogP contribution < -0.4 is 11.1 Å². The molecule has 2 rings (SSSR count). The maximum Gasteiger partial charge on any atom is 0.224 e. The third-order valence-corrected chi connectivity index (χ3v) is 2.59. The van der Waals surface area contributed by atoms with E-state index in [4.69, 9.17) is 5.73 Å². The second kappa shape index (κ2) is 1.95. The summed E-state index contributed by atoms with van der Waals surface area (Å²) < 4.78 is 0. The van der Waals surface area contributed by atoms with Gasteiger partial charge in [0.25, 0.3) is 0 Å². The largest absolute Gasteiger partial charge is 0.353 e. The van der Waals surface area contributed by atoms with E-state index in [-0.39, 0.29) is 17.9 Å². The molecule has 0 aromatic heterocycles. The van der Waals surface area contributed by atoms with E-state index in [1.165, 1.54) is 0 Å². The maximum absolute atomic E-state index is 11.1. The van der Waals surface area contributed by atoms with Crippen molar-refractivity contribution in [2.75, 3.05) is 0 Å². The fourth-order valence-corrected chi connectivity index (χ4v) is 1.93. The van der Waals surface area contributed by atoms with Crippen molar-refractivity contribution in [1.29, 1.82) is 0 Å². The van der Waals surface area contributed by atoms with Crippen LogP contribution in [0, 0.1) is 5.92 Å². The van der Waals surface area contributed by atoms with Crippen molar-refractivity contribution >= 4 is 5.91 Å². The van der Waals surface area contributed by atoms with Crippen molar-refractivity contribution in [1.82, 2.24) is 5.32 Å². The van der Waals surface area contributed by atoms with E-state index in [1.807, 2.05) is 0 Å². The van der Waals surface area contributed by atoms with E-state index in [2.05, 4.69) is 5.32 Å². The monoisotopic (exact) mass is 140 g/mol. The SMILES string of the molecule is N[C@@H]1CC[C@@H]2C[C@@H]1C(=O)N2. The summed E-state index contributed by atoms with van der Waals surface area (Å²) in [6.07, 6.45) is 3.05. The third-order valence-electron chi connectivity index (χ3n) is 2.59. The molecule has 3 atom stereocenters. The van der Waals surface area contributed by atoms with Crippen molar-refractivity contribution in [2.24, 2.45) is 11.7 Å². The van der Waals surface area contributed by atoms with E-state index in [0.717, 1.165) is 19.3 Å². The first-order valence-electron chi connectivity index (χ1n) is 3.83. The number of carbonyl (C=O) groups excluding carboxylic acids is 1. The Hall–Kier alpha value is -0.570. The molecule has 1 amide bonds. The second-order valence-corrected chi connectivity index (χ2v) is 3.29. The van der Waals surface area contributed by atoms with Gasteiger partial charge in [0.05, 0.1) is 5.92 Å². The van der Waals surface area contributed by atoms with Crippen molar-refractivity contribution in [3.8, 4) is 0 Å². The average Bonchev–Trinajstić information content (AvgIpc) is 2.21. The van der Waals surface area contributed by atoms with Gasteiger partial charge in [0.2, 0.25) is 5.91 Å². The first kappa shape index (κ1) is 6.16. The molecule has 1 aliphatic carbocycles. The molecule has 1 aliphatic heterocycles. The number of fused-ring (bicyclic) bond motifs is 2. The van der Waals surface area contributed by atoms with E-state index in [9.17, 15) is 4.79 Å². The first-order valence-corrected chi connectivity index (χ1v) is 3.83. The summed E-state index contributed by atoms with van der Waals surface area (Å²) in [6.45, 7) is 0. The Kier molecular flexibility index (Phi) is 1.20. The Morgan fingerprint density at radius 1 is 1.50 bits per heavy atom. The van der Waals surface area contributed by atoms with E-state index in [1.54, 1.807) is 0 Å². The van der Waals surface area contributed by atoms with Gasteiger partial charge in [-0.25, -0.2) is 0 Å². The lowest BCUT2D eigenvalue weighted by atomic mass is 9.86. The van der Waals surface area contributed by atoms with E-state index >= 15 is 0 Å². The molecular formula is C7H12N2O. The summed E-state index contributed by atoms with van der Waals surface area (Å²) in [5.74, 6) is 0.300. The predicted octanol–water partition coefficient (Wildman–Crippen LogP) is -0.388. The molecule has 56 valence electrons. The summed E-state index contributed by atoms with van der Waals surface area (Å²) in [6, 6.07) is 0.566. The highest BCUT2D eigenvalue weighted by Gasteiger charge is 2.39. The number of carbonyl (C=O) groups is 1. The molecule has 0 unspecified atom stereocenters. The number of hydrogen-bond acceptors (Lipinski definition) is 2. The Morgan fingerprint density at radius 2 is 2.30 bits per heavy atom. The van der Waals surface area contributed by atoms with Crippen LogP contribution in [0.2, 0.25) is 0 Å². The quantitative estimate of drug-likeness (QED) is 0.481. The molecule has 0 aromatic carbocycles. The molecule has 3 nitrogen and oxygen atoms in total. The van der Waals surface area contributed by atoms with Crippen LogP contribution in [0.3, 0.4) is 0 Å². The van der Waals surface area contributed by atoms with Crippen LogP contribution in [-0.4, -0.2) is 18.0 Å². The lowest BCUT2D eigenvalue weighted by Gasteiger charge is -2.21. The summed E-state index contributed by atoms with van der Waals surface area (Å²) >= 11 is 0. The summed E-state index contributed by atoms with van der Waals surface area (Å²) in [5.41, 5.74) is 5.75. The molecule has 2 fully saturated rings. The molecule has 0 spiro atoms. The van der Waals surface area contributed by atoms with Gasteiger partial charge >= 0.3 is 0 Å². The lowest BCUT2D eigenvalue weighted by Crippen LogP contribution is -2.35. The Labute approximate surface area is 60.0 Å². The van der Waals surface area contributed by atoms with Gasteiger partial charge in [-0.2, -0.15) is 0 Å². The van der Waals surface area contributed by atoms with Crippen LogP contribution in [-0.2, 0) is 4.79 Å². The van der Waals surface area contributed by atoms with Crippen LogP contribution in [0.1, 0.15) is 19.3 Å². The van der Waals surface area contributed by atoms with Crippen molar-refractivity contribution < 1.29 is 4.79 Å². The minimum atomic E-state index is 0.124. The first-order chi connectivity index (χ1) is 4.77. The fraction of sp³-hybridized carbons (Fsp3) is 0.857. The maximum atomic E-state index is 11.1. The van der Waals surface area contributed by atoms with Gasteiger partial charge < -0.3 is 11.1 Å². The predicted molar refractivity (Wildman–Crippen MR) is 37.2 cm³/mol.